The highest BCUT2D eigenvalue weighted by molar-refractivity contribution is 5.09. The van der Waals surface area contributed by atoms with Gasteiger partial charge in [-0.1, -0.05) is 0 Å². The number of hydrogen-bond donors (Lipinski definition) is 1. The lowest BCUT2D eigenvalue weighted by molar-refractivity contribution is -0.139. The van der Waals surface area contributed by atoms with Crippen LogP contribution in [0.3, 0.4) is 0 Å². The van der Waals surface area contributed by atoms with Crippen LogP contribution < -0.4 is 4.74 Å². The number of halogens is 3. The fourth-order valence-corrected chi connectivity index (χ4v) is 0.708. The van der Waals surface area contributed by atoms with Crippen molar-refractivity contribution in [3.8, 4) is 5.88 Å². The summed E-state index contributed by atoms with van der Waals surface area (Å²) in [6.45, 7) is -0.878. The molecule has 0 atom stereocenters. The minimum atomic E-state index is -4.25. The summed E-state index contributed by atoms with van der Waals surface area (Å²) in [6, 6.07) is 1.23. The summed E-state index contributed by atoms with van der Waals surface area (Å²) in [7, 11) is 0. The summed E-state index contributed by atoms with van der Waals surface area (Å²) in [5.74, 6) is 0.0882. The van der Waals surface area contributed by atoms with Gasteiger partial charge in [0.05, 0.1) is 13.0 Å². The molecule has 1 aromatic heterocycles. The highest BCUT2D eigenvalue weighted by Gasteiger charge is 2.27. The molecule has 1 N–H and O–H groups in total. The number of alkyl halides is 3. The first-order valence-electron chi connectivity index (χ1n) is 3.77. The third-order valence-corrected chi connectivity index (χ3v) is 1.33. The second-order valence-electron chi connectivity index (χ2n) is 2.50. The molecule has 1 aromatic rings. The zero-order valence-electron chi connectivity index (χ0n) is 7.04. The van der Waals surface area contributed by atoms with Crippen LogP contribution in [-0.2, 0) is 6.61 Å². The number of nitrogens with zero attached hydrogens (tertiary/aromatic N) is 1. The number of aliphatic hydroxyl groups is 1. The first kappa shape index (κ1) is 10.8. The zero-order valence-corrected chi connectivity index (χ0v) is 7.04. The number of rotatable bonds is 4. The van der Waals surface area contributed by atoms with Gasteiger partial charge in [-0.2, -0.15) is 13.2 Å². The molecule has 0 unspecified atom stereocenters. The van der Waals surface area contributed by atoms with E-state index in [0.29, 0.717) is 0 Å². The third kappa shape index (κ3) is 3.65. The number of aromatic nitrogens is 1. The average Bonchev–Trinajstić information content (AvgIpc) is 2.50. The van der Waals surface area contributed by atoms with Gasteiger partial charge < -0.3 is 14.4 Å². The Labute approximate surface area is 77.3 Å². The average molecular weight is 211 g/mol. The number of aliphatic hydroxyl groups excluding tert-OH is 1. The van der Waals surface area contributed by atoms with E-state index in [1.165, 1.54) is 6.07 Å². The van der Waals surface area contributed by atoms with Crippen LogP contribution in [0.15, 0.2) is 10.6 Å². The van der Waals surface area contributed by atoms with Crippen LogP contribution in [0.25, 0.3) is 0 Å². The fourth-order valence-electron chi connectivity index (χ4n) is 0.708. The van der Waals surface area contributed by atoms with E-state index < -0.39 is 19.2 Å². The van der Waals surface area contributed by atoms with Gasteiger partial charge in [-0.25, -0.2) is 0 Å². The normalized spacial score (nSPS) is 11.7. The maximum Gasteiger partial charge on any atom is 0.392 e. The molecule has 0 bridgehead atoms. The largest absolute Gasteiger partial charge is 0.475 e. The van der Waals surface area contributed by atoms with Gasteiger partial charge in [0.1, 0.15) is 6.61 Å². The van der Waals surface area contributed by atoms with Gasteiger partial charge in [0.15, 0.2) is 5.76 Å². The molecule has 0 radical (unpaired) electrons. The molecule has 0 aliphatic rings. The lowest BCUT2D eigenvalue weighted by Crippen LogP contribution is -2.13. The molecule has 14 heavy (non-hydrogen) atoms. The summed E-state index contributed by atoms with van der Waals surface area (Å²) in [5.41, 5.74) is 0. The van der Waals surface area contributed by atoms with E-state index >= 15 is 0 Å². The summed E-state index contributed by atoms with van der Waals surface area (Å²) in [5, 5.41) is 11.8. The molecule has 1 rings (SSSR count). The lowest BCUT2D eigenvalue weighted by Gasteiger charge is -2.05. The van der Waals surface area contributed by atoms with Crippen LogP contribution in [0.1, 0.15) is 12.2 Å². The number of ether oxygens (including phenoxy) is 1. The summed E-state index contributed by atoms with van der Waals surface area (Å²) in [6.07, 6.45) is -5.29. The number of hydrogen-bond acceptors (Lipinski definition) is 4. The van der Waals surface area contributed by atoms with Crippen molar-refractivity contribution in [1.29, 1.82) is 0 Å². The summed E-state index contributed by atoms with van der Waals surface area (Å²) in [4.78, 5) is 0. The summed E-state index contributed by atoms with van der Waals surface area (Å²) < 4.78 is 44.1. The van der Waals surface area contributed by atoms with Crippen molar-refractivity contribution in [2.75, 3.05) is 6.61 Å². The fraction of sp³-hybridized carbons (Fsp3) is 0.571. The second kappa shape index (κ2) is 4.32. The minimum Gasteiger partial charge on any atom is -0.475 e. The van der Waals surface area contributed by atoms with Crippen molar-refractivity contribution in [3.63, 3.8) is 0 Å². The quantitative estimate of drug-likeness (QED) is 0.819. The smallest absolute Gasteiger partial charge is 0.392 e. The van der Waals surface area contributed by atoms with Gasteiger partial charge in [0.25, 0.3) is 5.88 Å². The SMILES string of the molecule is OCc1cc(OCCC(F)(F)F)no1. The second-order valence-corrected chi connectivity index (χ2v) is 2.50. The Kier molecular flexibility index (Phi) is 3.34. The van der Waals surface area contributed by atoms with E-state index in [1.54, 1.807) is 0 Å². The molecule has 1 heterocycles. The highest BCUT2D eigenvalue weighted by atomic mass is 19.4. The molecule has 0 aliphatic heterocycles. The molecule has 0 aliphatic carbocycles. The van der Waals surface area contributed by atoms with Gasteiger partial charge in [-0.15, -0.1) is 0 Å². The Balaban J connectivity index is 2.31. The van der Waals surface area contributed by atoms with Crippen molar-refractivity contribution < 1.29 is 27.5 Å². The van der Waals surface area contributed by atoms with E-state index in [0.717, 1.165) is 0 Å². The van der Waals surface area contributed by atoms with Crippen molar-refractivity contribution in [1.82, 2.24) is 5.16 Å². The Bertz CT molecular complexity index is 284. The van der Waals surface area contributed by atoms with Crippen molar-refractivity contribution in [2.45, 2.75) is 19.2 Å². The lowest BCUT2D eigenvalue weighted by atomic mass is 10.4. The van der Waals surface area contributed by atoms with Gasteiger partial charge in [0, 0.05) is 6.07 Å². The monoisotopic (exact) mass is 211 g/mol. The highest BCUT2D eigenvalue weighted by Crippen LogP contribution is 2.20. The first-order chi connectivity index (χ1) is 6.51. The molecule has 4 nitrogen and oxygen atoms in total. The van der Waals surface area contributed by atoms with Crippen molar-refractivity contribution in [3.05, 3.63) is 11.8 Å². The molecule has 0 aromatic carbocycles. The van der Waals surface area contributed by atoms with Crippen LogP contribution >= 0.6 is 0 Å². The van der Waals surface area contributed by atoms with Crippen LogP contribution in [0, 0.1) is 0 Å². The molecule has 0 saturated carbocycles. The zero-order chi connectivity index (χ0) is 10.6. The van der Waals surface area contributed by atoms with Crippen LogP contribution in [0.4, 0.5) is 13.2 Å². The Morgan fingerprint density at radius 1 is 1.50 bits per heavy atom. The Morgan fingerprint density at radius 2 is 2.21 bits per heavy atom. The van der Waals surface area contributed by atoms with E-state index in [9.17, 15) is 13.2 Å². The van der Waals surface area contributed by atoms with Gasteiger partial charge >= 0.3 is 6.18 Å². The van der Waals surface area contributed by atoms with Crippen LogP contribution in [-0.4, -0.2) is 23.0 Å². The predicted octanol–water partition coefficient (Wildman–Crippen LogP) is 1.50. The molecule has 0 amide bonds. The molecule has 80 valence electrons. The summed E-state index contributed by atoms with van der Waals surface area (Å²) >= 11 is 0. The van der Waals surface area contributed by atoms with Gasteiger partial charge in [-0.05, 0) is 5.16 Å². The standard InChI is InChI=1S/C7H8F3NO3/c8-7(9,10)1-2-13-6-3-5(4-12)14-11-6/h3,12H,1-2,4H2. The molecular formula is C7H8F3NO3. The van der Waals surface area contributed by atoms with Gasteiger partial charge in [0.2, 0.25) is 0 Å². The maximum absolute atomic E-state index is 11.7. The minimum absolute atomic E-state index is 0.0571. The third-order valence-electron chi connectivity index (χ3n) is 1.33. The van der Waals surface area contributed by atoms with E-state index in [4.69, 9.17) is 5.11 Å². The molecule has 0 spiro atoms. The van der Waals surface area contributed by atoms with Crippen molar-refractivity contribution >= 4 is 0 Å². The van der Waals surface area contributed by atoms with E-state index in [-0.39, 0.29) is 18.2 Å². The Hall–Kier alpha value is -1.24. The van der Waals surface area contributed by atoms with Crippen LogP contribution in [0.2, 0.25) is 0 Å². The molecule has 7 heteroatoms. The molecular weight excluding hydrogens is 203 g/mol. The predicted molar refractivity (Wildman–Crippen MR) is 38.6 cm³/mol. The van der Waals surface area contributed by atoms with Crippen molar-refractivity contribution in [2.24, 2.45) is 0 Å². The maximum atomic E-state index is 11.7. The Morgan fingerprint density at radius 3 is 2.71 bits per heavy atom. The first-order valence-corrected chi connectivity index (χ1v) is 3.77. The topological polar surface area (TPSA) is 55.5 Å². The molecule has 0 fully saturated rings. The van der Waals surface area contributed by atoms with E-state index in [1.807, 2.05) is 0 Å². The van der Waals surface area contributed by atoms with E-state index in [2.05, 4.69) is 14.4 Å². The van der Waals surface area contributed by atoms with Gasteiger partial charge in [-0.3, -0.25) is 0 Å². The molecule has 0 saturated heterocycles. The van der Waals surface area contributed by atoms with Crippen LogP contribution in [0.5, 0.6) is 5.88 Å².